The molecule has 4 aliphatic rings. The van der Waals surface area contributed by atoms with Gasteiger partial charge in [-0.3, -0.25) is 4.79 Å². The maximum atomic E-state index is 10.7. The predicted octanol–water partition coefficient (Wildman–Crippen LogP) is 3.80. The van der Waals surface area contributed by atoms with Crippen LogP contribution in [0.25, 0.3) is 0 Å². The second kappa shape index (κ2) is 4.73. The van der Waals surface area contributed by atoms with Crippen LogP contribution in [0, 0.1) is 23.2 Å². The minimum atomic E-state index is -0.652. The Hall–Kier alpha value is -0.180. The second-order valence-electron chi connectivity index (χ2n) is 7.14. The van der Waals surface area contributed by atoms with Crippen molar-refractivity contribution in [1.29, 1.82) is 0 Å². The summed E-state index contributed by atoms with van der Waals surface area (Å²) in [5.41, 5.74) is 0.589. The van der Waals surface area contributed by atoms with Crippen molar-refractivity contribution >= 4 is 17.7 Å². The highest BCUT2D eigenvalue weighted by atomic mass is 32.2. The maximum Gasteiger partial charge on any atom is 0.304 e. The molecule has 0 saturated heterocycles. The molecular weight excluding hydrogens is 244 g/mol. The van der Waals surface area contributed by atoms with Gasteiger partial charge in [-0.2, -0.15) is 11.8 Å². The molecule has 0 aromatic rings. The molecule has 0 heterocycles. The number of thioether (sulfide) groups is 1. The lowest BCUT2D eigenvalue weighted by Crippen LogP contribution is -2.47. The van der Waals surface area contributed by atoms with E-state index >= 15 is 0 Å². The molecule has 1 N–H and O–H groups in total. The van der Waals surface area contributed by atoms with E-state index in [9.17, 15) is 4.79 Å². The molecule has 3 heteroatoms. The maximum absolute atomic E-state index is 10.7. The van der Waals surface area contributed by atoms with E-state index in [-0.39, 0.29) is 5.25 Å². The molecule has 4 bridgehead atoms. The van der Waals surface area contributed by atoms with Gasteiger partial charge in [0.2, 0.25) is 0 Å². The van der Waals surface area contributed by atoms with Crippen molar-refractivity contribution < 1.29 is 9.90 Å². The summed E-state index contributed by atoms with van der Waals surface area (Å²) in [4.78, 5) is 10.7. The van der Waals surface area contributed by atoms with Crippen LogP contribution in [0.3, 0.4) is 0 Å². The first kappa shape index (κ1) is 12.8. The zero-order valence-electron chi connectivity index (χ0n) is 11.2. The van der Waals surface area contributed by atoms with Crippen LogP contribution in [0.15, 0.2) is 0 Å². The largest absolute Gasteiger partial charge is 0.481 e. The second-order valence-corrected chi connectivity index (χ2v) is 8.56. The number of hydrogen-bond donors (Lipinski definition) is 1. The lowest BCUT2D eigenvalue weighted by molar-refractivity contribution is -0.136. The van der Waals surface area contributed by atoms with E-state index in [1.54, 1.807) is 0 Å². The Balaban J connectivity index is 1.57. The van der Waals surface area contributed by atoms with Gasteiger partial charge in [0.1, 0.15) is 0 Å². The Morgan fingerprint density at radius 3 is 2.17 bits per heavy atom. The average molecular weight is 268 g/mol. The van der Waals surface area contributed by atoms with Crippen molar-refractivity contribution in [2.24, 2.45) is 23.2 Å². The summed E-state index contributed by atoms with van der Waals surface area (Å²) in [6.07, 6.45) is 9.11. The summed E-state index contributed by atoms with van der Waals surface area (Å²) in [7, 11) is 0. The Morgan fingerprint density at radius 2 is 1.72 bits per heavy atom. The SMILES string of the molecule is CC(CC(=O)O)SCC12CC3CC(CC(C3)C1)C2. The summed E-state index contributed by atoms with van der Waals surface area (Å²) >= 11 is 1.91. The molecule has 0 aromatic carbocycles. The van der Waals surface area contributed by atoms with Gasteiger partial charge in [0, 0.05) is 5.25 Å². The van der Waals surface area contributed by atoms with Crippen LogP contribution < -0.4 is 0 Å². The fourth-order valence-corrected chi connectivity index (χ4v) is 6.34. The van der Waals surface area contributed by atoms with E-state index in [1.165, 1.54) is 44.3 Å². The molecule has 0 radical (unpaired) electrons. The normalized spacial score (nSPS) is 43.1. The Kier molecular flexibility index (Phi) is 3.38. The fourth-order valence-electron chi connectivity index (χ4n) is 5.09. The quantitative estimate of drug-likeness (QED) is 0.824. The van der Waals surface area contributed by atoms with Gasteiger partial charge in [0.05, 0.1) is 6.42 Å². The van der Waals surface area contributed by atoms with Crippen molar-refractivity contribution in [3.8, 4) is 0 Å². The number of hydrogen-bond acceptors (Lipinski definition) is 2. The number of aliphatic carboxylic acids is 1. The van der Waals surface area contributed by atoms with Gasteiger partial charge in [-0.15, -0.1) is 0 Å². The van der Waals surface area contributed by atoms with Crippen molar-refractivity contribution in [2.75, 3.05) is 5.75 Å². The molecule has 18 heavy (non-hydrogen) atoms. The third-order valence-electron chi connectivity index (χ3n) is 5.30. The van der Waals surface area contributed by atoms with Crippen LogP contribution in [-0.4, -0.2) is 22.1 Å². The molecule has 0 spiro atoms. The standard InChI is InChI=1S/C15H24O2S/c1-10(2-14(16)17)18-9-15-6-11-3-12(7-15)5-13(4-11)8-15/h10-13H,2-9H2,1H3,(H,16,17). The van der Waals surface area contributed by atoms with Crippen LogP contribution in [0.5, 0.6) is 0 Å². The van der Waals surface area contributed by atoms with Gasteiger partial charge in [-0.1, -0.05) is 6.92 Å². The summed E-state index contributed by atoms with van der Waals surface area (Å²) in [5.74, 6) is 3.58. The lowest BCUT2D eigenvalue weighted by atomic mass is 9.50. The lowest BCUT2D eigenvalue weighted by Gasteiger charge is -2.57. The van der Waals surface area contributed by atoms with E-state index in [2.05, 4.69) is 6.92 Å². The molecule has 0 amide bonds. The third kappa shape index (κ3) is 2.56. The molecular formula is C15H24O2S. The van der Waals surface area contributed by atoms with Crippen molar-refractivity contribution in [1.82, 2.24) is 0 Å². The zero-order chi connectivity index (χ0) is 12.8. The first-order chi connectivity index (χ1) is 8.55. The molecule has 4 saturated carbocycles. The van der Waals surface area contributed by atoms with Crippen LogP contribution >= 0.6 is 11.8 Å². The van der Waals surface area contributed by atoms with E-state index in [0.717, 1.165) is 17.8 Å². The summed E-state index contributed by atoms with van der Waals surface area (Å²) in [6, 6.07) is 0. The molecule has 1 atom stereocenters. The Morgan fingerprint density at radius 1 is 1.22 bits per heavy atom. The Labute approximate surface area is 114 Å². The molecule has 2 nitrogen and oxygen atoms in total. The van der Waals surface area contributed by atoms with Crippen LogP contribution in [-0.2, 0) is 4.79 Å². The van der Waals surface area contributed by atoms with Crippen LogP contribution in [0.2, 0.25) is 0 Å². The minimum absolute atomic E-state index is 0.274. The van der Waals surface area contributed by atoms with E-state index in [1.807, 2.05) is 11.8 Å². The highest BCUT2D eigenvalue weighted by Gasteiger charge is 2.50. The minimum Gasteiger partial charge on any atom is -0.481 e. The number of carboxylic acid groups (broad SMARTS) is 1. The Bertz CT molecular complexity index is 304. The number of carbonyl (C=O) groups is 1. The molecule has 4 aliphatic carbocycles. The van der Waals surface area contributed by atoms with Crippen molar-refractivity contribution in [3.63, 3.8) is 0 Å². The molecule has 102 valence electrons. The van der Waals surface area contributed by atoms with Crippen molar-refractivity contribution in [3.05, 3.63) is 0 Å². The van der Waals surface area contributed by atoms with Gasteiger partial charge in [0.25, 0.3) is 0 Å². The molecule has 0 aromatic heterocycles. The number of carboxylic acids is 1. The summed E-state index contributed by atoms with van der Waals surface area (Å²) < 4.78 is 0. The molecule has 1 unspecified atom stereocenters. The molecule has 0 aliphatic heterocycles. The first-order valence-corrected chi connectivity index (χ1v) is 8.43. The zero-order valence-corrected chi connectivity index (χ0v) is 12.0. The van der Waals surface area contributed by atoms with Crippen molar-refractivity contribution in [2.45, 2.75) is 57.1 Å². The highest BCUT2D eigenvalue weighted by molar-refractivity contribution is 7.99. The van der Waals surface area contributed by atoms with E-state index in [4.69, 9.17) is 5.11 Å². The van der Waals surface area contributed by atoms with Gasteiger partial charge >= 0.3 is 5.97 Å². The van der Waals surface area contributed by atoms with Crippen LogP contribution in [0.4, 0.5) is 0 Å². The van der Waals surface area contributed by atoms with Gasteiger partial charge < -0.3 is 5.11 Å². The third-order valence-corrected chi connectivity index (χ3v) is 6.82. The number of rotatable bonds is 5. The van der Waals surface area contributed by atoms with Gasteiger partial charge in [0.15, 0.2) is 0 Å². The van der Waals surface area contributed by atoms with E-state index < -0.39 is 5.97 Å². The monoisotopic (exact) mass is 268 g/mol. The summed E-state index contributed by atoms with van der Waals surface area (Å²) in [5, 5.41) is 9.10. The smallest absolute Gasteiger partial charge is 0.304 e. The average Bonchev–Trinajstić information content (AvgIpc) is 2.23. The predicted molar refractivity (Wildman–Crippen MR) is 74.8 cm³/mol. The first-order valence-electron chi connectivity index (χ1n) is 7.38. The molecule has 4 fully saturated rings. The van der Waals surface area contributed by atoms with Crippen LogP contribution in [0.1, 0.15) is 51.9 Å². The van der Waals surface area contributed by atoms with Gasteiger partial charge in [-0.25, -0.2) is 0 Å². The topological polar surface area (TPSA) is 37.3 Å². The fraction of sp³-hybridized carbons (Fsp3) is 0.933. The van der Waals surface area contributed by atoms with E-state index in [0.29, 0.717) is 11.8 Å². The van der Waals surface area contributed by atoms with Gasteiger partial charge in [-0.05, 0) is 67.4 Å². The summed E-state index contributed by atoms with van der Waals surface area (Å²) in [6.45, 7) is 2.07. The highest BCUT2D eigenvalue weighted by Crippen LogP contribution is 2.61. The molecule has 4 rings (SSSR count).